The standard InChI is InChI=1S/C65H48N2/c1-41-13-29-51(30-14-41)66-61-11-7-5-9-55(61)57-37-47(27-35-63(57)66)43-17-21-45(22-18-43)49-25-33-53-54-34-26-50(40-60(54)65(3,4)59(53)39-49)46-23-19-44(20-24-46)48-28-36-64-58(38-48)56-10-6-8-12-62(56)67(64)52-31-15-42(2)16-32-52/h5-40H,1-4H3. The average molecular weight is 857 g/mol. The zero-order valence-corrected chi connectivity index (χ0v) is 38.2. The number of aromatic nitrogens is 2. The van der Waals surface area contributed by atoms with Crippen LogP contribution in [0.15, 0.2) is 218 Å². The second-order valence-electron chi connectivity index (χ2n) is 19.1. The lowest BCUT2D eigenvalue weighted by atomic mass is 9.80. The number of rotatable bonds is 6. The number of para-hydroxylation sites is 2. The summed E-state index contributed by atoms with van der Waals surface area (Å²) in [5.74, 6) is 0. The minimum absolute atomic E-state index is 0.142. The Balaban J connectivity index is 0.774. The van der Waals surface area contributed by atoms with Crippen LogP contribution in [0.1, 0.15) is 36.1 Å². The number of aryl methyl sites for hydroxylation is 2. The molecule has 1 aliphatic carbocycles. The molecule has 0 bridgehead atoms. The minimum atomic E-state index is -0.142. The molecule has 0 saturated carbocycles. The molecule has 2 aromatic heterocycles. The molecule has 318 valence electrons. The highest BCUT2D eigenvalue weighted by atomic mass is 15.0. The molecular formula is C65H48N2. The van der Waals surface area contributed by atoms with Gasteiger partial charge in [-0.3, -0.25) is 0 Å². The van der Waals surface area contributed by atoms with Crippen molar-refractivity contribution in [2.45, 2.75) is 33.1 Å². The van der Waals surface area contributed by atoms with Crippen LogP contribution in [0, 0.1) is 13.8 Å². The molecule has 1 aliphatic rings. The van der Waals surface area contributed by atoms with Crippen molar-refractivity contribution in [3.8, 4) is 67.0 Å². The average Bonchev–Trinajstić information content (AvgIpc) is 3.96. The Morgan fingerprint density at radius 1 is 0.284 bits per heavy atom. The van der Waals surface area contributed by atoms with Crippen molar-refractivity contribution in [1.82, 2.24) is 9.13 Å². The highest BCUT2D eigenvalue weighted by molar-refractivity contribution is 6.11. The first-order valence-corrected chi connectivity index (χ1v) is 23.5. The smallest absolute Gasteiger partial charge is 0.0541 e. The SMILES string of the molecule is Cc1ccc(-n2c3ccccc3c3cc(-c4ccc(-c5ccc6c(c5)C(C)(C)c5cc(-c7ccc(-c8ccc9c(c8)c8ccccc8n9-c8ccc(C)cc8)cc7)ccc5-6)cc4)ccc32)cc1. The molecule has 0 saturated heterocycles. The summed E-state index contributed by atoms with van der Waals surface area (Å²) in [7, 11) is 0. The van der Waals surface area contributed by atoms with E-state index in [4.69, 9.17) is 0 Å². The highest BCUT2D eigenvalue weighted by Gasteiger charge is 2.36. The number of benzene rings is 10. The lowest BCUT2D eigenvalue weighted by Crippen LogP contribution is -2.15. The summed E-state index contributed by atoms with van der Waals surface area (Å²) >= 11 is 0. The van der Waals surface area contributed by atoms with Crippen molar-refractivity contribution in [3.05, 3.63) is 241 Å². The molecule has 0 aliphatic heterocycles. The van der Waals surface area contributed by atoms with Crippen LogP contribution in [-0.4, -0.2) is 9.13 Å². The van der Waals surface area contributed by atoms with Gasteiger partial charge in [0.15, 0.2) is 0 Å². The first-order chi connectivity index (χ1) is 32.8. The van der Waals surface area contributed by atoms with Crippen molar-refractivity contribution in [3.63, 3.8) is 0 Å². The number of hydrogen-bond acceptors (Lipinski definition) is 0. The summed E-state index contributed by atoms with van der Waals surface area (Å²) in [5, 5.41) is 5.08. The van der Waals surface area contributed by atoms with E-state index in [2.05, 4.69) is 255 Å². The van der Waals surface area contributed by atoms with Gasteiger partial charge in [-0.2, -0.15) is 0 Å². The third-order valence-electron chi connectivity index (χ3n) is 14.7. The summed E-state index contributed by atoms with van der Waals surface area (Å²) in [4.78, 5) is 0. The predicted molar refractivity (Wildman–Crippen MR) is 284 cm³/mol. The van der Waals surface area contributed by atoms with Gasteiger partial charge >= 0.3 is 0 Å². The first kappa shape index (κ1) is 39.2. The predicted octanol–water partition coefficient (Wildman–Crippen LogP) is 17.5. The Bertz CT molecular complexity index is 3660. The van der Waals surface area contributed by atoms with Gasteiger partial charge in [-0.15, -0.1) is 0 Å². The van der Waals surface area contributed by atoms with Crippen LogP contribution in [0.5, 0.6) is 0 Å². The monoisotopic (exact) mass is 856 g/mol. The van der Waals surface area contributed by atoms with Crippen LogP contribution >= 0.6 is 0 Å². The highest BCUT2D eigenvalue weighted by Crippen LogP contribution is 2.51. The van der Waals surface area contributed by atoms with E-state index in [1.54, 1.807) is 0 Å². The van der Waals surface area contributed by atoms with Crippen molar-refractivity contribution in [2.75, 3.05) is 0 Å². The van der Waals surface area contributed by atoms with Crippen LogP contribution in [0.3, 0.4) is 0 Å². The summed E-state index contributed by atoms with van der Waals surface area (Å²) in [6.07, 6.45) is 0. The topological polar surface area (TPSA) is 9.86 Å². The van der Waals surface area contributed by atoms with Gasteiger partial charge in [0.2, 0.25) is 0 Å². The molecule has 2 heteroatoms. The molecular weight excluding hydrogens is 809 g/mol. The molecule has 67 heavy (non-hydrogen) atoms. The van der Waals surface area contributed by atoms with Crippen LogP contribution in [0.2, 0.25) is 0 Å². The van der Waals surface area contributed by atoms with E-state index >= 15 is 0 Å². The zero-order chi connectivity index (χ0) is 45.0. The molecule has 0 unspecified atom stereocenters. The van der Waals surface area contributed by atoms with E-state index in [-0.39, 0.29) is 5.41 Å². The lowest BCUT2D eigenvalue weighted by molar-refractivity contribution is 0.661. The molecule has 0 spiro atoms. The Morgan fingerprint density at radius 2 is 0.597 bits per heavy atom. The third kappa shape index (κ3) is 6.24. The maximum atomic E-state index is 2.43. The summed E-state index contributed by atoms with van der Waals surface area (Å²) < 4.78 is 4.77. The largest absolute Gasteiger partial charge is 0.309 e. The van der Waals surface area contributed by atoms with Crippen LogP contribution in [0.4, 0.5) is 0 Å². The van der Waals surface area contributed by atoms with Crippen molar-refractivity contribution in [1.29, 1.82) is 0 Å². The van der Waals surface area contributed by atoms with Crippen LogP contribution in [-0.2, 0) is 5.41 Å². The van der Waals surface area contributed by atoms with E-state index < -0.39 is 0 Å². The van der Waals surface area contributed by atoms with Gasteiger partial charge in [-0.05, 0) is 153 Å². The maximum Gasteiger partial charge on any atom is 0.0541 e. The second-order valence-corrected chi connectivity index (χ2v) is 19.1. The maximum absolute atomic E-state index is 2.43. The lowest BCUT2D eigenvalue weighted by Gasteiger charge is -2.22. The Morgan fingerprint density at radius 3 is 0.985 bits per heavy atom. The molecule has 0 fully saturated rings. The molecule has 10 aromatic carbocycles. The zero-order valence-electron chi connectivity index (χ0n) is 38.2. The Hall–Kier alpha value is -8.20. The number of hydrogen-bond donors (Lipinski definition) is 0. The van der Waals surface area contributed by atoms with E-state index in [1.807, 2.05) is 0 Å². The van der Waals surface area contributed by atoms with Gasteiger partial charge in [-0.1, -0.05) is 171 Å². The van der Waals surface area contributed by atoms with Gasteiger partial charge in [-0.25, -0.2) is 0 Å². The van der Waals surface area contributed by atoms with E-state index in [1.165, 1.54) is 133 Å². The Labute approximate surface area is 391 Å². The van der Waals surface area contributed by atoms with E-state index in [9.17, 15) is 0 Å². The number of nitrogens with zero attached hydrogens (tertiary/aromatic N) is 2. The van der Waals surface area contributed by atoms with Crippen molar-refractivity contribution >= 4 is 43.6 Å². The molecule has 2 nitrogen and oxygen atoms in total. The van der Waals surface area contributed by atoms with Gasteiger partial charge < -0.3 is 9.13 Å². The summed E-state index contributed by atoms with van der Waals surface area (Å²) in [6.45, 7) is 9.05. The van der Waals surface area contributed by atoms with Gasteiger partial charge in [0, 0.05) is 38.3 Å². The van der Waals surface area contributed by atoms with E-state index in [0.717, 1.165) is 0 Å². The normalized spacial score (nSPS) is 12.9. The fourth-order valence-electron chi connectivity index (χ4n) is 11.1. The molecule has 0 radical (unpaired) electrons. The van der Waals surface area contributed by atoms with Crippen molar-refractivity contribution in [2.24, 2.45) is 0 Å². The van der Waals surface area contributed by atoms with Gasteiger partial charge in [0.1, 0.15) is 0 Å². The third-order valence-corrected chi connectivity index (χ3v) is 14.7. The molecule has 13 rings (SSSR count). The van der Waals surface area contributed by atoms with Crippen LogP contribution < -0.4 is 0 Å². The molecule has 12 aromatic rings. The fraction of sp³-hybridized carbons (Fsp3) is 0.0769. The quantitative estimate of drug-likeness (QED) is 0.158. The van der Waals surface area contributed by atoms with Gasteiger partial charge in [0.25, 0.3) is 0 Å². The molecule has 2 heterocycles. The summed E-state index contributed by atoms with van der Waals surface area (Å²) in [6, 6.07) is 81.4. The molecule has 0 atom stereocenters. The Kier molecular flexibility index (Phi) is 8.73. The molecule has 0 N–H and O–H groups in total. The van der Waals surface area contributed by atoms with Gasteiger partial charge in [0.05, 0.1) is 22.1 Å². The van der Waals surface area contributed by atoms with Crippen molar-refractivity contribution < 1.29 is 0 Å². The second kappa shape index (κ2) is 14.9. The van der Waals surface area contributed by atoms with Crippen LogP contribution in [0.25, 0.3) is 111 Å². The molecule has 0 amide bonds. The first-order valence-electron chi connectivity index (χ1n) is 23.5. The fourth-order valence-corrected chi connectivity index (χ4v) is 11.1. The summed E-state index contributed by atoms with van der Waals surface area (Å²) in [5.41, 5.74) is 24.9. The van der Waals surface area contributed by atoms with E-state index in [0.29, 0.717) is 0 Å². The number of fused-ring (bicyclic) bond motifs is 9. The minimum Gasteiger partial charge on any atom is -0.309 e.